The SMILES string of the molecule is O=C(c1cc(F)cc(F)c1)c1cncs1. The second kappa shape index (κ2) is 3.86. The third-order valence-electron chi connectivity index (χ3n) is 1.78. The van der Waals surface area contributed by atoms with Gasteiger partial charge < -0.3 is 0 Å². The molecule has 2 nitrogen and oxygen atoms in total. The molecular weight excluding hydrogens is 220 g/mol. The van der Waals surface area contributed by atoms with Crippen molar-refractivity contribution in [2.24, 2.45) is 0 Å². The van der Waals surface area contributed by atoms with Crippen molar-refractivity contribution in [3.8, 4) is 0 Å². The van der Waals surface area contributed by atoms with Gasteiger partial charge in [0.1, 0.15) is 11.6 Å². The molecule has 0 radical (unpaired) electrons. The number of carbonyl (C=O) groups is 1. The fourth-order valence-electron chi connectivity index (χ4n) is 1.16. The van der Waals surface area contributed by atoms with Crippen LogP contribution in [0.4, 0.5) is 8.78 Å². The summed E-state index contributed by atoms with van der Waals surface area (Å²) in [7, 11) is 0. The van der Waals surface area contributed by atoms with E-state index in [1.807, 2.05) is 0 Å². The molecule has 0 aliphatic carbocycles. The second-order valence-corrected chi connectivity index (χ2v) is 3.74. The van der Waals surface area contributed by atoms with Crippen molar-refractivity contribution in [3.63, 3.8) is 0 Å². The standard InChI is InChI=1S/C10H5F2NOS/c11-7-1-6(2-8(12)3-7)10(14)9-4-13-5-15-9/h1-5H. The number of thiazole rings is 1. The highest BCUT2D eigenvalue weighted by Crippen LogP contribution is 2.15. The van der Waals surface area contributed by atoms with Crippen LogP contribution in [0.25, 0.3) is 0 Å². The van der Waals surface area contributed by atoms with E-state index in [9.17, 15) is 13.6 Å². The Bertz CT molecular complexity index is 476. The molecule has 76 valence electrons. The minimum absolute atomic E-state index is 0.00301. The van der Waals surface area contributed by atoms with Crippen molar-refractivity contribution in [2.75, 3.05) is 0 Å². The number of ketones is 1. The smallest absolute Gasteiger partial charge is 0.204 e. The summed E-state index contributed by atoms with van der Waals surface area (Å²) < 4.78 is 25.7. The number of rotatable bonds is 2. The molecule has 2 aromatic rings. The number of nitrogens with zero attached hydrogens (tertiary/aromatic N) is 1. The van der Waals surface area contributed by atoms with Gasteiger partial charge in [-0.3, -0.25) is 9.78 Å². The molecular formula is C10H5F2NOS. The number of carbonyl (C=O) groups excluding carboxylic acids is 1. The Morgan fingerprint density at radius 1 is 1.20 bits per heavy atom. The van der Waals surface area contributed by atoms with Crippen LogP contribution in [0.3, 0.4) is 0 Å². The Hall–Kier alpha value is -1.62. The summed E-state index contributed by atoms with van der Waals surface area (Å²) in [5.74, 6) is -1.94. The van der Waals surface area contributed by atoms with Gasteiger partial charge in [0.25, 0.3) is 0 Å². The first kappa shape index (κ1) is 9.92. The first-order valence-electron chi connectivity index (χ1n) is 4.06. The highest BCUT2D eigenvalue weighted by Gasteiger charge is 2.12. The van der Waals surface area contributed by atoms with Gasteiger partial charge in [-0.25, -0.2) is 8.78 Å². The lowest BCUT2D eigenvalue weighted by Gasteiger charge is -1.98. The number of hydrogen-bond donors (Lipinski definition) is 0. The largest absolute Gasteiger partial charge is 0.288 e. The fourth-order valence-corrected chi connectivity index (χ4v) is 1.74. The van der Waals surface area contributed by atoms with E-state index >= 15 is 0 Å². The zero-order valence-corrected chi connectivity index (χ0v) is 8.22. The number of halogens is 2. The summed E-state index contributed by atoms with van der Waals surface area (Å²) in [4.78, 5) is 15.7. The van der Waals surface area contributed by atoms with Gasteiger partial charge in [-0.1, -0.05) is 0 Å². The van der Waals surface area contributed by atoms with Gasteiger partial charge in [0.05, 0.1) is 10.4 Å². The Balaban J connectivity index is 2.42. The van der Waals surface area contributed by atoms with Crippen LogP contribution in [0.1, 0.15) is 15.2 Å². The third kappa shape index (κ3) is 2.07. The predicted octanol–water partition coefficient (Wildman–Crippen LogP) is 2.65. The quantitative estimate of drug-likeness (QED) is 0.735. The van der Waals surface area contributed by atoms with Gasteiger partial charge in [-0.2, -0.15) is 0 Å². The summed E-state index contributed by atoms with van der Waals surface area (Å²) in [5.41, 5.74) is 1.49. The van der Waals surface area contributed by atoms with Crippen LogP contribution in [-0.2, 0) is 0 Å². The zero-order chi connectivity index (χ0) is 10.8. The number of hydrogen-bond acceptors (Lipinski definition) is 3. The number of benzene rings is 1. The van der Waals surface area contributed by atoms with Crippen molar-refractivity contribution in [1.29, 1.82) is 0 Å². The van der Waals surface area contributed by atoms with Crippen LogP contribution < -0.4 is 0 Å². The first-order valence-corrected chi connectivity index (χ1v) is 4.94. The third-order valence-corrected chi connectivity index (χ3v) is 2.55. The van der Waals surface area contributed by atoms with Crippen LogP contribution >= 0.6 is 11.3 Å². The van der Waals surface area contributed by atoms with Crippen LogP contribution in [0.2, 0.25) is 0 Å². The van der Waals surface area contributed by atoms with Gasteiger partial charge >= 0.3 is 0 Å². The van der Waals surface area contributed by atoms with E-state index in [2.05, 4.69) is 4.98 Å². The zero-order valence-electron chi connectivity index (χ0n) is 7.41. The topological polar surface area (TPSA) is 30.0 Å². The summed E-state index contributed by atoms with van der Waals surface area (Å²) in [6.45, 7) is 0. The molecule has 0 saturated carbocycles. The van der Waals surface area contributed by atoms with Gasteiger partial charge in [0, 0.05) is 17.8 Å². The van der Waals surface area contributed by atoms with E-state index in [1.54, 1.807) is 0 Å². The highest BCUT2D eigenvalue weighted by molar-refractivity contribution is 7.11. The maximum absolute atomic E-state index is 12.8. The molecule has 2 rings (SSSR count). The molecule has 0 spiro atoms. The molecule has 15 heavy (non-hydrogen) atoms. The van der Waals surface area contributed by atoms with E-state index in [4.69, 9.17) is 0 Å². The van der Waals surface area contributed by atoms with Crippen molar-refractivity contribution in [3.05, 3.63) is 52.0 Å². The van der Waals surface area contributed by atoms with Crippen LogP contribution in [-0.4, -0.2) is 10.8 Å². The monoisotopic (exact) mass is 225 g/mol. The van der Waals surface area contributed by atoms with Crippen LogP contribution in [0.15, 0.2) is 29.9 Å². The average Bonchev–Trinajstić information content (AvgIpc) is 2.67. The van der Waals surface area contributed by atoms with E-state index in [1.165, 1.54) is 11.7 Å². The van der Waals surface area contributed by atoms with Gasteiger partial charge in [-0.05, 0) is 12.1 Å². The molecule has 0 fully saturated rings. The van der Waals surface area contributed by atoms with E-state index in [-0.39, 0.29) is 5.56 Å². The van der Waals surface area contributed by atoms with E-state index in [0.29, 0.717) is 4.88 Å². The normalized spacial score (nSPS) is 10.3. The molecule has 5 heteroatoms. The minimum atomic E-state index is -0.761. The summed E-state index contributed by atoms with van der Waals surface area (Å²) >= 11 is 1.13. The van der Waals surface area contributed by atoms with Crippen molar-refractivity contribution in [2.45, 2.75) is 0 Å². The van der Waals surface area contributed by atoms with Gasteiger partial charge in [0.15, 0.2) is 0 Å². The second-order valence-electron chi connectivity index (χ2n) is 2.85. The summed E-state index contributed by atoms with van der Waals surface area (Å²) in [6, 6.07) is 2.74. The Morgan fingerprint density at radius 2 is 1.87 bits per heavy atom. The predicted molar refractivity (Wildman–Crippen MR) is 51.9 cm³/mol. The highest BCUT2D eigenvalue weighted by atomic mass is 32.1. The molecule has 0 aliphatic heterocycles. The Labute approximate surface area is 88.2 Å². The minimum Gasteiger partial charge on any atom is -0.288 e. The lowest BCUT2D eigenvalue weighted by Crippen LogP contribution is -2.00. The maximum atomic E-state index is 12.8. The average molecular weight is 225 g/mol. The molecule has 0 bridgehead atoms. The fraction of sp³-hybridized carbons (Fsp3) is 0. The van der Waals surface area contributed by atoms with Gasteiger partial charge in [0.2, 0.25) is 5.78 Å². The van der Waals surface area contributed by atoms with Crippen LogP contribution in [0, 0.1) is 11.6 Å². The summed E-state index contributed by atoms with van der Waals surface area (Å²) in [5, 5.41) is 0. The molecule has 1 aromatic carbocycles. The van der Waals surface area contributed by atoms with Gasteiger partial charge in [-0.15, -0.1) is 11.3 Å². The van der Waals surface area contributed by atoms with Crippen molar-refractivity contribution in [1.82, 2.24) is 4.98 Å². The van der Waals surface area contributed by atoms with Crippen molar-refractivity contribution < 1.29 is 13.6 Å². The molecule has 0 saturated heterocycles. The maximum Gasteiger partial charge on any atom is 0.204 e. The lowest BCUT2D eigenvalue weighted by molar-refractivity contribution is 0.104. The lowest BCUT2D eigenvalue weighted by atomic mass is 10.1. The first-order chi connectivity index (χ1) is 7.16. The van der Waals surface area contributed by atoms with Crippen molar-refractivity contribution >= 4 is 17.1 Å². The molecule has 0 aliphatic rings. The molecule has 0 amide bonds. The molecule has 1 aromatic heterocycles. The van der Waals surface area contributed by atoms with Crippen LogP contribution in [0.5, 0.6) is 0 Å². The Kier molecular flexibility index (Phi) is 2.55. The number of aromatic nitrogens is 1. The molecule has 0 N–H and O–H groups in total. The Morgan fingerprint density at radius 3 is 2.40 bits per heavy atom. The summed E-state index contributed by atoms with van der Waals surface area (Å²) in [6.07, 6.45) is 1.37. The van der Waals surface area contributed by atoms with E-state index in [0.717, 1.165) is 29.5 Å². The van der Waals surface area contributed by atoms with E-state index < -0.39 is 17.4 Å². The molecule has 0 unspecified atom stereocenters. The molecule has 0 atom stereocenters. The molecule has 1 heterocycles.